The van der Waals surface area contributed by atoms with Gasteiger partial charge in [0.25, 0.3) is 0 Å². The molecule has 1 aromatic carbocycles. The van der Waals surface area contributed by atoms with Crippen molar-refractivity contribution >= 4 is 31.9 Å². The van der Waals surface area contributed by atoms with Crippen LogP contribution in [0.3, 0.4) is 0 Å². The fraction of sp³-hybridized carbons (Fsp3) is 0.154. The summed E-state index contributed by atoms with van der Waals surface area (Å²) in [7, 11) is 1.57. The molecular formula is C13H11Br2NO2. The zero-order chi connectivity index (χ0) is 13.1. The first-order valence-electron chi connectivity index (χ1n) is 5.24. The van der Waals surface area contributed by atoms with E-state index < -0.39 is 6.10 Å². The number of rotatable bonds is 3. The molecule has 0 amide bonds. The molecule has 18 heavy (non-hydrogen) atoms. The Balaban J connectivity index is 2.37. The van der Waals surface area contributed by atoms with Gasteiger partial charge in [-0.1, -0.05) is 37.9 Å². The largest absolute Gasteiger partial charge is 0.495 e. The highest BCUT2D eigenvalue weighted by Crippen LogP contribution is 2.31. The lowest BCUT2D eigenvalue weighted by atomic mass is 10.0. The van der Waals surface area contributed by atoms with Crippen molar-refractivity contribution < 1.29 is 9.84 Å². The van der Waals surface area contributed by atoms with Crippen molar-refractivity contribution in [3.8, 4) is 5.75 Å². The van der Waals surface area contributed by atoms with Crippen molar-refractivity contribution in [1.29, 1.82) is 0 Å². The number of pyridine rings is 1. The second-order valence-corrected chi connectivity index (χ2v) is 5.50. The molecule has 0 aliphatic carbocycles. The van der Waals surface area contributed by atoms with Crippen molar-refractivity contribution in [2.24, 2.45) is 0 Å². The molecule has 0 radical (unpaired) electrons. The van der Waals surface area contributed by atoms with Gasteiger partial charge in [0.2, 0.25) is 0 Å². The second kappa shape index (κ2) is 5.82. The van der Waals surface area contributed by atoms with Crippen LogP contribution in [-0.2, 0) is 0 Å². The summed E-state index contributed by atoms with van der Waals surface area (Å²) >= 11 is 6.82. The summed E-state index contributed by atoms with van der Waals surface area (Å²) in [4.78, 5) is 4.04. The van der Waals surface area contributed by atoms with Crippen LogP contribution in [0.1, 0.15) is 17.2 Å². The third-order valence-corrected chi connectivity index (χ3v) is 3.72. The van der Waals surface area contributed by atoms with E-state index in [0.717, 1.165) is 14.5 Å². The van der Waals surface area contributed by atoms with Crippen molar-refractivity contribution in [3.63, 3.8) is 0 Å². The fourth-order valence-electron chi connectivity index (χ4n) is 1.60. The van der Waals surface area contributed by atoms with Gasteiger partial charge in [-0.15, -0.1) is 0 Å². The summed E-state index contributed by atoms with van der Waals surface area (Å²) in [6, 6.07) is 7.41. The maximum Gasteiger partial charge on any atom is 0.137 e. The first-order chi connectivity index (χ1) is 8.61. The first-order valence-corrected chi connectivity index (χ1v) is 6.82. The third-order valence-electron chi connectivity index (χ3n) is 2.54. The van der Waals surface area contributed by atoms with E-state index in [9.17, 15) is 5.11 Å². The molecule has 1 N–H and O–H groups in total. The van der Waals surface area contributed by atoms with Gasteiger partial charge >= 0.3 is 0 Å². The van der Waals surface area contributed by atoms with Crippen LogP contribution in [0.15, 0.2) is 45.6 Å². The number of hydrogen-bond acceptors (Lipinski definition) is 3. The van der Waals surface area contributed by atoms with E-state index in [4.69, 9.17) is 4.74 Å². The molecule has 1 unspecified atom stereocenters. The monoisotopic (exact) mass is 371 g/mol. The minimum Gasteiger partial charge on any atom is -0.495 e. The molecule has 0 saturated carbocycles. The smallest absolute Gasteiger partial charge is 0.137 e. The summed E-state index contributed by atoms with van der Waals surface area (Å²) in [5, 5.41) is 10.3. The van der Waals surface area contributed by atoms with Crippen molar-refractivity contribution in [3.05, 3.63) is 56.7 Å². The van der Waals surface area contributed by atoms with Crippen LogP contribution < -0.4 is 4.74 Å². The zero-order valence-electron chi connectivity index (χ0n) is 9.60. The number of aliphatic hydroxyl groups excluding tert-OH is 1. The molecule has 2 aromatic rings. The van der Waals surface area contributed by atoms with E-state index >= 15 is 0 Å². The number of nitrogens with zero attached hydrogens (tertiary/aromatic N) is 1. The highest BCUT2D eigenvalue weighted by atomic mass is 79.9. The number of aromatic nitrogens is 1. The van der Waals surface area contributed by atoms with Gasteiger partial charge in [0.05, 0.1) is 13.3 Å². The first kappa shape index (κ1) is 13.5. The van der Waals surface area contributed by atoms with Crippen molar-refractivity contribution in [2.45, 2.75) is 6.10 Å². The van der Waals surface area contributed by atoms with E-state index in [-0.39, 0.29) is 0 Å². The Morgan fingerprint density at radius 1 is 1.22 bits per heavy atom. The summed E-state index contributed by atoms with van der Waals surface area (Å²) < 4.78 is 6.89. The van der Waals surface area contributed by atoms with Gasteiger partial charge in [0.15, 0.2) is 0 Å². The molecule has 1 heterocycles. The lowest BCUT2D eigenvalue weighted by Gasteiger charge is -2.14. The Bertz CT molecular complexity index is 560. The molecule has 94 valence electrons. The topological polar surface area (TPSA) is 42.4 Å². The van der Waals surface area contributed by atoms with Crippen LogP contribution in [0.5, 0.6) is 5.75 Å². The lowest BCUT2D eigenvalue weighted by molar-refractivity contribution is 0.218. The second-order valence-electron chi connectivity index (χ2n) is 3.73. The minimum atomic E-state index is -0.741. The molecule has 0 aliphatic rings. The van der Waals surface area contributed by atoms with E-state index in [0.29, 0.717) is 11.3 Å². The molecule has 0 spiro atoms. The van der Waals surface area contributed by atoms with Gasteiger partial charge in [-0.3, -0.25) is 4.98 Å². The lowest BCUT2D eigenvalue weighted by Crippen LogP contribution is -2.01. The number of hydrogen-bond donors (Lipinski definition) is 1. The summed E-state index contributed by atoms with van der Waals surface area (Å²) in [6.45, 7) is 0. The number of halogens is 2. The predicted octanol–water partition coefficient (Wildman–Crippen LogP) is 3.70. The molecule has 0 fully saturated rings. The molecule has 1 atom stereocenters. The molecule has 5 heteroatoms. The van der Waals surface area contributed by atoms with E-state index in [1.165, 1.54) is 0 Å². The maximum atomic E-state index is 10.3. The highest BCUT2D eigenvalue weighted by Gasteiger charge is 2.14. The Kier molecular flexibility index (Phi) is 4.37. The van der Waals surface area contributed by atoms with Crippen LogP contribution in [0.2, 0.25) is 0 Å². The normalized spacial score (nSPS) is 12.2. The molecule has 1 aromatic heterocycles. The summed E-state index contributed by atoms with van der Waals surface area (Å²) in [5.74, 6) is 0.625. The van der Waals surface area contributed by atoms with Crippen LogP contribution in [0.4, 0.5) is 0 Å². The number of ether oxygens (including phenoxy) is 1. The summed E-state index contributed by atoms with van der Waals surface area (Å²) in [6.07, 6.45) is 2.49. The van der Waals surface area contributed by atoms with E-state index in [1.54, 1.807) is 25.6 Å². The fourth-order valence-corrected chi connectivity index (χ4v) is 2.86. The van der Waals surface area contributed by atoms with Crippen LogP contribution in [0, 0.1) is 0 Å². The zero-order valence-corrected chi connectivity index (χ0v) is 12.8. The van der Waals surface area contributed by atoms with Crippen molar-refractivity contribution in [2.75, 3.05) is 7.11 Å². The Morgan fingerprint density at radius 2 is 2.00 bits per heavy atom. The van der Waals surface area contributed by atoms with Gasteiger partial charge in [-0.05, 0) is 23.8 Å². The predicted molar refractivity (Wildman–Crippen MR) is 76.7 cm³/mol. The Labute approximate surface area is 122 Å². The number of methoxy groups -OCH3 is 1. The minimum absolute atomic E-state index is 0.625. The molecule has 2 rings (SSSR count). The quantitative estimate of drug-likeness (QED) is 0.893. The van der Waals surface area contributed by atoms with Gasteiger partial charge in [0.1, 0.15) is 11.9 Å². The number of aliphatic hydroxyl groups is 1. The van der Waals surface area contributed by atoms with Crippen LogP contribution in [-0.4, -0.2) is 17.2 Å². The SMILES string of the molecule is COc1cncc(C(O)c2ccc(Br)cc2Br)c1. The maximum absolute atomic E-state index is 10.3. The summed E-state index contributed by atoms with van der Waals surface area (Å²) in [5.41, 5.74) is 1.48. The van der Waals surface area contributed by atoms with Crippen molar-refractivity contribution in [1.82, 2.24) is 4.98 Å². The molecule has 0 saturated heterocycles. The van der Waals surface area contributed by atoms with Crippen LogP contribution in [0.25, 0.3) is 0 Å². The molecular weight excluding hydrogens is 362 g/mol. The molecule has 0 bridgehead atoms. The van der Waals surface area contributed by atoms with E-state index in [2.05, 4.69) is 36.8 Å². The third kappa shape index (κ3) is 2.91. The molecule has 3 nitrogen and oxygen atoms in total. The Hall–Kier alpha value is -0.910. The van der Waals surface area contributed by atoms with E-state index in [1.807, 2.05) is 18.2 Å². The highest BCUT2D eigenvalue weighted by molar-refractivity contribution is 9.11. The van der Waals surface area contributed by atoms with Gasteiger partial charge in [0, 0.05) is 20.7 Å². The van der Waals surface area contributed by atoms with Gasteiger partial charge in [-0.25, -0.2) is 0 Å². The average molecular weight is 373 g/mol. The Morgan fingerprint density at radius 3 is 2.67 bits per heavy atom. The van der Waals surface area contributed by atoms with Crippen LogP contribution >= 0.6 is 31.9 Å². The number of benzene rings is 1. The molecule has 0 aliphatic heterocycles. The van der Waals surface area contributed by atoms with Gasteiger partial charge < -0.3 is 9.84 Å². The van der Waals surface area contributed by atoms with Gasteiger partial charge in [-0.2, -0.15) is 0 Å². The average Bonchev–Trinajstić information content (AvgIpc) is 2.38. The standard InChI is InChI=1S/C13H11Br2NO2/c1-18-10-4-8(6-16-7-10)13(17)11-3-2-9(14)5-12(11)15/h2-7,13,17H,1H3.